The van der Waals surface area contributed by atoms with Crippen molar-refractivity contribution in [2.45, 2.75) is 32.7 Å². The molecule has 3 rings (SSSR count). The molecule has 1 saturated heterocycles. The Morgan fingerprint density at radius 1 is 1.31 bits per heavy atom. The molecular weight excluding hydrogens is 328 g/mol. The molecule has 6 heteroatoms. The molecule has 0 aromatic heterocycles. The highest BCUT2D eigenvalue weighted by molar-refractivity contribution is 6.00. The first-order chi connectivity index (χ1) is 12.5. The lowest BCUT2D eigenvalue weighted by Crippen LogP contribution is -2.42. The first kappa shape index (κ1) is 18.7. The summed E-state index contributed by atoms with van der Waals surface area (Å²) in [5.41, 5.74) is 2.93. The number of nitrogens with one attached hydrogen (secondary N) is 3. The van der Waals surface area contributed by atoms with Crippen LogP contribution >= 0.6 is 0 Å². The predicted octanol–water partition coefficient (Wildman–Crippen LogP) is 1.48. The van der Waals surface area contributed by atoms with Gasteiger partial charge in [0.05, 0.1) is 17.8 Å². The standard InChI is InChI=1S/C20H30N4O2/c1-13(2)16-10-24(12-18(25)21-3)11-17(16)23-20(26)15-8-4-6-14-7-5-9-22-19(14)15/h4,6,8,13,16-17,22H,5,7,9-12H2,1-3H3,(H,21,25)(H,23,26). The second-order valence-corrected chi connectivity index (χ2v) is 7.73. The van der Waals surface area contributed by atoms with E-state index in [1.54, 1.807) is 7.05 Å². The van der Waals surface area contributed by atoms with Gasteiger partial charge >= 0.3 is 0 Å². The monoisotopic (exact) mass is 358 g/mol. The zero-order chi connectivity index (χ0) is 18.7. The number of likely N-dealkylation sites (N-methyl/N-ethyl adjacent to an activating group) is 1. The fourth-order valence-corrected chi connectivity index (χ4v) is 4.10. The minimum absolute atomic E-state index is 0.0146. The average Bonchev–Trinajstić information content (AvgIpc) is 3.03. The second kappa shape index (κ2) is 8.08. The van der Waals surface area contributed by atoms with Crippen LogP contribution in [0.3, 0.4) is 0 Å². The molecule has 2 amide bonds. The number of fused-ring (bicyclic) bond motifs is 1. The molecular formula is C20H30N4O2. The smallest absolute Gasteiger partial charge is 0.253 e. The highest BCUT2D eigenvalue weighted by Gasteiger charge is 2.36. The SMILES string of the molecule is CNC(=O)CN1CC(NC(=O)c2cccc3c2NCCC3)C(C(C)C)C1. The number of amides is 2. The van der Waals surface area contributed by atoms with E-state index in [0.717, 1.165) is 37.2 Å². The lowest BCUT2D eigenvalue weighted by molar-refractivity contribution is -0.121. The second-order valence-electron chi connectivity index (χ2n) is 7.73. The van der Waals surface area contributed by atoms with E-state index < -0.39 is 0 Å². The maximum Gasteiger partial charge on any atom is 0.253 e. The number of carbonyl (C=O) groups excluding carboxylic acids is 2. The Morgan fingerprint density at radius 2 is 2.12 bits per heavy atom. The number of hydrogen-bond acceptors (Lipinski definition) is 4. The van der Waals surface area contributed by atoms with Crippen LogP contribution in [-0.4, -0.2) is 56.0 Å². The molecule has 2 unspecified atom stereocenters. The number of para-hydroxylation sites is 1. The summed E-state index contributed by atoms with van der Waals surface area (Å²) in [6, 6.07) is 6.02. The van der Waals surface area contributed by atoms with E-state index in [0.29, 0.717) is 24.9 Å². The molecule has 2 aliphatic rings. The molecule has 0 bridgehead atoms. The van der Waals surface area contributed by atoms with Crippen LogP contribution < -0.4 is 16.0 Å². The van der Waals surface area contributed by atoms with Crippen LogP contribution in [0.15, 0.2) is 18.2 Å². The Kier molecular flexibility index (Phi) is 5.81. The van der Waals surface area contributed by atoms with Gasteiger partial charge in [0.15, 0.2) is 0 Å². The van der Waals surface area contributed by atoms with Crippen molar-refractivity contribution in [2.75, 3.05) is 38.5 Å². The average molecular weight is 358 g/mol. The number of rotatable bonds is 5. The van der Waals surface area contributed by atoms with Gasteiger partial charge < -0.3 is 16.0 Å². The largest absolute Gasteiger partial charge is 0.384 e. The minimum atomic E-state index is -0.0197. The number of nitrogens with zero attached hydrogens (tertiary/aromatic N) is 1. The molecule has 3 N–H and O–H groups in total. The van der Waals surface area contributed by atoms with E-state index in [1.165, 1.54) is 5.56 Å². The quantitative estimate of drug-likeness (QED) is 0.745. The van der Waals surface area contributed by atoms with Crippen LogP contribution in [0.25, 0.3) is 0 Å². The summed E-state index contributed by atoms with van der Waals surface area (Å²) in [4.78, 5) is 26.8. The summed E-state index contributed by atoms with van der Waals surface area (Å²) >= 11 is 0. The van der Waals surface area contributed by atoms with Crippen molar-refractivity contribution < 1.29 is 9.59 Å². The minimum Gasteiger partial charge on any atom is -0.384 e. The highest BCUT2D eigenvalue weighted by Crippen LogP contribution is 2.28. The van der Waals surface area contributed by atoms with E-state index in [1.807, 2.05) is 12.1 Å². The first-order valence-corrected chi connectivity index (χ1v) is 9.59. The first-order valence-electron chi connectivity index (χ1n) is 9.59. The predicted molar refractivity (Wildman–Crippen MR) is 103 cm³/mol. The van der Waals surface area contributed by atoms with Gasteiger partial charge in [-0.1, -0.05) is 26.0 Å². The number of benzene rings is 1. The Balaban J connectivity index is 1.72. The lowest BCUT2D eigenvalue weighted by atomic mass is 9.91. The van der Waals surface area contributed by atoms with Gasteiger partial charge in [0.2, 0.25) is 5.91 Å². The molecule has 2 heterocycles. The van der Waals surface area contributed by atoms with Crippen LogP contribution in [0, 0.1) is 11.8 Å². The number of aryl methyl sites for hydroxylation is 1. The normalized spacial score (nSPS) is 22.6. The molecule has 2 aliphatic heterocycles. The van der Waals surface area contributed by atoms with Crippen molar-refractivity contribution in [1.82, 2.24) is 15.5 Å². The van der Waals surface area contributed by atoms with Crippen LogP contribution in [0.5, 0.6) is 0 Å². The molecule has 0 saturated carbocycles. The van der Waals surface area contributed by atoms with Gasteiger partial charge in [-0.3, -0.25) is 14.5 Å². The van der Waals surface area contributed by atoms with Gasteiger partial charge in [0.25, 0.3) is 5.91 Å². The molecule has 1 fully saturated rings. The Hall–Kier alpha value is -2.08. The molecule has 0 spiro atoms. The van der Waals surface area contributed by atoms with Crippen molar-refractivity contribution >= 4 is 17.5 Å². The number of carbonyl (C=O) groups is 2. The summed E-state index contributed by atoms with van der Waals surface area (Å²) in [6.07, 6.45) is 2.12. The molecule has 26 heavy (non-hydrogen) atoms. The van der Waals surface area contributed by atoms with Gasteiger partial charge in [-0.25, -0.2) is 0 Å². The summed E-state index contributed by atoms with van der Waals surface area (Å²) < 4.78 is 0. The van der Waals surface area contributed by atoms with Crippen molar-refractivity contribution in [2.24, 2.45) is 11.8 Å². The number of hydrogen-bond donors (Lipinski definition) is 3. The van der Waals surface area contributed by atoms with Gasteiger partial charge in [0.1, 0.15) is 0 Å². The van der Waals surface area contributed by atoms with E-state index in [-0.39, 0.29) is 17.9 Å². The van der Waals surface area contributed by atoms with Crippen molar-refractivity contribution in [3.8, 4) is 0 Å². The maximum atomic E-state index is 13.0. The summed E-state index contributed by atoms with van der Waals surface area (Å²) in [5, 5.41) is 9.31. The van der Waals surface area contributed by atoms with Crippen LogP contribution in [0.4, 0.5) is 5.69 Å². The van der Waals surface area contributed by atoms with Crippen molar-refractivity contribution in [3.63, 3.8) is 0 Å². The lowest BCUT2D eigenvalue weighted by Gasteiger charge is -2.25. The summed E-state index contributed by atoms with van der Waals surface area (Å²) in [5.74, 6) is 0.781. The topological polar surface area (TPSA) is 73.5 Å². The third-order valence-electron chi connectivity index (χ3n) is 5.58. The Morgan fingerprint density at radius 3 is 2.85 bits per heavy atom. The third-order valence-corrected chi connectivity index (χ3v) is 5.58. The number of anilines is 1. The Bertz CT molecular complexity index is 674. The van der Waals surface area contributed by atoms with E-state index in [9.17, 15) is 9.59 Å². The molecule has 0 aliphatic carbocycles. The van der Waals surface area contributed by atoms with Crippen molar-refractivity contribution in [1.29, 1.82) is 0 Å². The fourth-order valence-electron chi connectivity index (χ4n) is 4.10. The molecule has 1 aromatic rings. The van der Waals surface area contributed by atoms with Gasteiger partial charge in [0, 0.05) is 32.7 Å². The van der Waals surface area contributed by atoms with E-state index in [2.05, 4.69) is 40.8 Å². The number of likely N-dealkylation sites (tertiary alicyclic amines) is 1. The van der Waals surface area contributed by atoms with Gasteiger partial charge in [-0.2, -0.15) is 0 Å². The van der Waals surface area contributed by atoms with Gasteiger partial charge in [-0.05, 0) is 36.3 Å². The fraction of sp³-hybridized carbons (Fsp3) is 0.600. The zero-order valence-corrected chi connectivity index (χ0v) is 16.0. The molecule has 1 aromatic carbocycles. The summed E-state index contributed by atoms with van der Waals surface area (Å²) in [7, 11) is 1.66. The molecule has 0 radical (unpaired) electrons. The maximum absolute atomic E-state index is 13.0. The third kappa shape index (κ3) is 4.01. The van der Waals surface area contributed by atoms with E-state index >= 15 is 0 Å². The van der Waals surface area contributed by atoms with E-state index in [4.69, 9.17) is 0 Å². The highest BCUT2D eigenvalue weighted by atomic mass is 16.2. The molecule has 6 nitrogen and oxygen atoms in total. The van der Waals surface area contributed by atoms with Crippen LogP contribution in [0.2, 0.25) is 0 Å². The summed E-state index contributed by atoms with van der Waals surface area (Å²) in [6.45, 7) is 7.20. The molecule has 2 atom stereocenters. The van der Waals surface area contributed by atoms with Crippen LogP contribution in [0.1, 0.15) is 36.2 Å². The van der Waals surface area contributed by atoms with Crippen molar-refractivity contribution in [3.05, 3.63) is 29.3 Å². The molecule has 142 valence electrons. The van der Waals surface area contributed by atoms with Gasteiger partial charge in [-0.15, -0.1) is 0 Å². The van der Waals surface area contributed by atoms with Crippen LogP contribution in [-0.2, 0) is 11.2 Å². The zero-order valence-electron chi connectivity index (χ0n) is 16.0. The Labute approximate surface area is 155 Å².